The average molecular weight is 486 g/mol. The molecule has 1 amide bonds. The highest BCUT2D eigenvalue weighted by atomic mass is 32.2. The number of rotatable bonds is 9. The van der Waals surface area contributed by atoms with Gasteiger partial charge in [-0.05, 0) is 74.6 Å². The Morgan fingerprint density at radius 2 is 1.79 bits per heavy atom. The molecule has 0 radical (unpaired) electrons. The van der Waals surface area contributed by atoms with Gasteiger partial charge < -0.3 is 15.0 Å². The second kappa shape index (κ2) is 10.7. The molecule has 0 unspecified atom stereocenters. The number of aryl methyl sites for hydroxylation is 1. The molecule has 0 saturated heterocycles. The van der Waals surface area contributed by atoms with Crippen molar-refractivity contribution in [1.29, 1.82) is 0 Å². The van der Waals surface area contributed by atoms with E-state index in [4.69, 9.17) is 4.74 Å². The Morgan fingerprint density at radius 1 is 1.06 bits per heavy atom. The fourth-order valence-corrected chi connectivity index (χ4v) is 4.48. The van der Waals surface area contributed by atoms with Crippen LogP contribution in [0.1, 0.15) is 27.5 Å². The van der Waals surface area contributed by atoms with Crippen LogP contribution in [0.25, 0.3) is 0 Å². The topological polar surface area (TPSA) is 87.7 Å². The van der Waals surface area contributed by atoms with E-state index >= 15 is 0 Å². The van der Waals surface area contributed by atoms with Crippen molar-refractivity contribution in [3.05, 3.63) is 89.2 Å². The van der Waals surface area contributed by atoms with Gasteiger partial charge in [0.1, 0.15) is 11.6 Å². The maximum absolute atomic E-state index is 13.8. The first kappa shape index (κ1) is 25.2. The van der Waals surface area contributed by atoms with Crippen LogP contribution in [-0.2, 0) is 10.0 Å². The van der Waals surface area contributed by atoms with Gasteiger partial charge in [-0.3, -0.25) is 9.52 Å². The first-order chi connectivity index (χ1) is 16.1. The SMILES string of the molecule is COc1cccc([C@H](CNC(=O)c2cccc(NS(=O)(=O)c3ccc(C)c(F)c3)c2)N(C)C)c1. The van der Waals surface area contributed by atoms with Crippen LogP contribution in [0.2, 0.25) is 0 Å². The number of nitrogens with one attached hydrogen (secondary N) is 2. The predicted octanol–water partition coefficient (Wildman–Crippen LogP) is 3.98. The zero-order chi connectivity index (χ0) is 24.9. The number of sulfonamides is 1. The summed E-state index contributed by atoms with van der Waals surface area (Å²) in [5.41, 5.74) is 1.82. The van der Waals surface area contributed by atoms with Crippen LogP contribution in [-0.4, -0.2) is 47.0 Å². The summed E-state index contributed by atoms with van der Waals surface area (Å²) in [4.78, 5) is 14.6. The Labute approximate surface area is 199 Å². The molecule has 0 aliphatic carbocycles. The van der Waals surface area contributed by atoms with E-state index in [1.165, 1.54) is 24.3 Å². The molecular formula is C25H28FN3O4S. The van der Waals surface area contributed by atoms with Crippen LogP contribution < -0.4 is 14.8 Å². The molecule has 3 aromatic carbocycles. The molecule has 0 aromatic heterocycles. The third-order valence-electron chi connectivity index (χ3n) is 5.39. The Hall–Kier alpha value is -3.43. The van der Waals surface area contributed by atoms with Crippen molar-refractivity contribution < 1.29 is 22.3 Å². The lowest BCUT2D eigenvalue weighted by Crippen LogP contribution is -2.34. The molecule has 9 heteroatoms. The van der Waals surface area contributed by atoms with Gasteiger partial charge in [0.2, 0.25) is 0 Å². The van der Waals surface area contributed by atoms with E-state index in [-0.39, 0.29) is 22.5 Å². The van der Waals surface area contributed by atoms with Crippen molar-refractivity contribution in [3.8, 4) is 5.75 Å². The third-order valence-corrected chi connectivity index (χ3v) is 6.77. The van der Waals surface area contributed by atoms with Gasteiger partial charge in [-0.1, -0.05) is 24.3 Å². The van der Waals surface area contributed by atoms with Gasteiger partial charge in [-0.2, -0.15) is 0 Å². The first-order valence-electron chi connectivity index (χ1n) is 10.6. The molecule has 0 aliphatic heterocycles. The maximum atomic E-state index is 13.8. The van der Waals surface area contributed by atoms with Gasteiger partial charge in [0.25, 0.3) is 15.9 Å². The number of hydrogen-bond donors (Lipinski definition) is 2. The minimum absolute atomic E-state index is 0.0998. The number of anilines is 1. The molecule has 3 aromatic rings. The summed E-state index contributed by atoms with van der Waals surface area (Å²) >= 11 is 0. The molecule has 0 bridgehead atoms. The molecule has 0 heterocycles. The molecule has 34 heavy (non-hydrogen) atoms. The highest BCUT2D eigenvalue weighted by Crippen LogP contribution is 2.23. The Kier molecular flexibility index (Phi) is 7.90. The zero-order valence-electron chi connectivity index (χ0n) is 19.5. The van der Waals surface area contributed by atoms with Gasteiger partial charge >= 0.3 is 0 Å². The highest BCUT2D eigenvalue weighted by molar-refractivity contribution is 7.92. The first-order valence-corrected chi connectivity index (χ1v) is 12.1. The summed E-state index contributed by atoms with van der Waals surface area (Å²) in [6, 6.07) is 17.4. The number of nitrogens with zero attached hydrogens (tertiary/aromatic N) is 1. The van der Waals surface area contributed by atoms with Crippen LogP contribution >= 0.6 is 0 Å². The normalized spacial score (nSPS) is 12.3. The van der Waals surface area contributed by atoms with Gasteiger partial charge in [0.05, 0.1) is 18.0 Å². The lowest BCUT2D eigenvalue weighted by Gasteiger charge is -2.25. The van der Waals surface area contributed by atoms with Gasteiger partial charge in [0, 0.05) is 17.8 Å². The van der Waals surface area contributed by atoms with Gasteiger partial charge in [-0.15, -0.1) is 0 Å². The highest BCUT2D eigenvalue weighted by Gasteiger charge is 2.19. The second-order valence-corrected chi connectivity index (χ2v) is 9.75. The Balaban J connectivity index is 1.73. The maximum Gasteiger partial charge on any atom is 0.261 e. The molecule has 0 aliphatic rings. The molecule has 7 nitrogen and oxygen atoms in total. The number of amides is 1. The van der Waals surface area contributed by atoms with Gasteiger partial charge in [0.15, 0.2) is 0 Å². The molecule has 0 saturated carbocycles. The number of carbonyl (C=O) groups is 1. The molecule has 180 valence electrons. The van der Waals surface area contributed by atoms with Crippen LogP contribution in [0.15, 0.2) is 71.6 Å². The lowest BCUT2D eigenvalue weighted by atomic mass is 10.1. The molecular weight excluding hydrogens is 457 g/mol. The second-order valence-electron chi connectivity index (χ2n) is 8.06. The predicted molar refractivity (Wildman–Crippen MR) is 130 cm³/mol. The average Bonchev–Trinajstić information content (AvgIpc) is 2.80. The molecule has 0 fully saturated rings. The largest absolute Gasteiger partial charge is 0.497 e. The molecule has 3 rings (SSSR count). The van der Waals surface area contributed by atoms with E-state index in [0.29, 0.717) is 17.7 Å². The number of halogens is 1. The third kappa shape index (κ3) is 6.12. The van der Waals surface area contributed by atoms with E-state index in [1.54, 1.807) is 26.2 Å². The number of carbonyl (C=O) groups excluding carboxylic acids is 1. The van der Waals surface area contributed by atoms with Crippen molar-refractivity contribution in [2.24, 2.45) is 0 Å². The van der Waals surface area contributed by atoms with Crippen LogP contribution in [0.3, 0.4) is 0 Å². The minimum Gasteiger partial charge on any atom is -0.497 e. The van der Waals surface area contributed by atoms with Crippen LogP contribution in [0.4, 0.5) is 10.1 Å². The summed E-state index contributed by atoms with van der Waals surface area (Å²) in [7, 11) is 1.42. The summed E-state index contributed by atoms with van der Waals surface area (Å²) in [6.45, 7) is 1.88. The zero-order valence-corrected chi connectivity index (χ0v) is 20.3. The van der Waals surface area contributed by atoms with Crippen LogP contribution in [0, 0.1) is 12.7 Å². The van der Waals surface area contributed by atoms with E-state index in [0.717, 1.165) is 17.4 Å². The lowest BCUT2D eigenvalue weighted by molar-refractivity contribution is 0.0942. The fourth-order valence-electron chi connectivity index (χ4n) is 3.42. The fraction of sp³-hybridized carbons (Fsp3) is 0.240. The van der Waals surface area contributed by atoms with Crippen molar-refractivity contribution in [2.45, 2.75) is 17.9 Å². The van der Waals surface area contributed by atoms with E-state index < -0.39 is 15.8 Å². The Bertz CT molecular complexity index is 1280. The molecule has 2 N–H and O–H groups in total. The summed E-state index contributed by atoms with van der Waals surface area (Å²) < 4.78 is 46.8. The number of hydrogen-bond acceptors (Lipinski definition) is 5. The molecule has 1 atom stereocenters. The summed E-state index contributed by atoms with van der Waals surface area (Å²) in [6.07, 6.45) is 0. The van der Waals surface area contributed by atoms with E-state index in [9.17, 15) is 17.6 Å². The number of benzene rings is 3. The van der Waals surface area contributed by atoms with Crippen molar-refractivity contribution in [3.63, 3.8) is 0 Å². The molecule has 0 spiro atoms. The van der Waals surface area contributed by atoms with Gasteiger partial charge in [-0.25, -0.2) is 12.8 Å². The standard InChI is InChI=1S/C25H28FN3O4S/c1-17-11-12-22(15-23(17)26)34(31,32)28-20-9-5-8-19(13-20)25(30)27-16-24(29(2)3)18-7-6-10-21(14-18)33-4/h5-15,24,28H,16H2,1-4H3,(H,27,30)/t24-/m0/s1. The number of likely N-dealkylation sites (N-methyl/N-ethyl adjacent to an activating group) is 1. The number of methoxy groups -OCH3 is 1. The minimum atomic E-state index is -4.01. The smallest absolute Gasteiger partial charge is 0.261 e. The van der Waals surface area contributed by atoms with Crippen LogP contribution in [0.5, 0.6) is 5.75 Å². The van der Waals surface area contributed by atoms with E-state index in [1.807, 2.05) is 43.3 Å². The van der Waals surface area contributed by atoms with Crippen molar-refractivity contribution in [2.75, 3.05) is 32.5 Å². The quantitative estimate of drug-likeness (QED) is 0.479. The van der Waals surface area contributed by atoms with E-state index in [2.05, 4.69) is 10.0 Å². The van der Waals surface area contributed by atoms with Crippen molar-refractivity contribution >= 4 is 21.6 Å². The van der Waals surface area contributed by atoms with Crippen molar-refractivity contribution in [1.82, 2.24) is 10.2 Å². The monoisotopic (exact) mass is 485 g/mol. The Morgan fingerprint density at radius 3 is 2.47 bits per heavy atom. The number of ether oxygens (including phenoxy) is 1. The summed E-state index contributed by atoms with van der Waals surface area (Å²) in [5.74, 6) is -0.233. The summed E-state index contributed by atoms with van der Waals surface area (Å²) in [5, 5.41) is 2.90.